The fraction of sp³-hybridized carbons (Fsp3) is 0.333. The van der Waals surface area contributed by atoms with Crippen molar-refractivity contribution in [3.63, 3.8) is 0 Å². The zero-order valence-electron chi connectivity index (χ0n) is 14.8. The summed E-state index contributed by atoms with van der Waals surface area (Å²) in [6, 6.07) is 5.75. The molecule has 1 aliphatic heterocycles. The van der Waals surface area contributed by atoms with E-state index in [0.29, 0.717) is 30.0 Å². The quantitative estimate of drug-likeness (QED) is 0.717. The van der Waals surface area contributed by atoms with E-state index in [2.05, 4.69) is 20.9 Å². The molecule has 9 heteroatoms. The highest BCUT2D eigenvalue weighted by molar-refractivity contribution is 7.92. The molecule has 0 unspecified atom stereocenters. The number of sulfonamides is 1. The van der Waals surface area contributed by atoms with E-state index in [4.69, 9.17) is 4.74 Å². The fourth-order valence-corrected chi connectivity index (χ4v) is 4.42. The Bertz CT molecular complexity index is 1130. The van der Waals surface area contributed by atoms with Crippen molar-refractivity contribution in [2.45, 2.75) is 30.7 Å². The lowest BCUT2D eigenvalue weighted by molar-refractivity contribution is 0.0662. The van der Waals surface area contributed by atoms with Crippen molar-refractivity contribution < 1.29 is 13.2 Å². The van der Waals surface area contributed by atoms with E-state index in [1.807, 2.05) is 6.92 Å². The third kappa shape index (κ3) is 3.18. The van der Waals surface area contributed by atoms with Gasteiger partial charge in [-0.25, -0.2) is 8.42 Å². The molecule has 2 N–H and O–H groups in total. The number of aromatic nitrogens is 3. The summed E-state index contributed by atoms with van der Waals surface area (Å²) in [6.45, 7) is 3.19. The summed E-state index contributed by atoms with van der Waals surface area (Å²) < 4.78 is 35.3. The van der Waals surface area contributed by atoms with Crippen molar-refractivity contribution in [2.24, 2.45) is 0 Å². The van der Waals surface area contributed by atoms with Crippen LogP contribution in [0.15, 0.2) is 35.6 Å². The van der Waals surface area contributed by atoms with Gasteiger partial charge in [-0.1, -0.05) is 6.07 Å². The first-order valence-electron chi connectivity index (χ1n) is 8.65. The molecule has 0 bridgehead atoms. The Hall–Kier alpha value is -2.83. The molecule has 1 saturated heterocycles. The molecule has 1 aromatic carbocycles. The predicted octanol–water partition coefficient (Wildman–Crippen LogP) is 2.70. The number of rotatable bonds is 4. The first kappa shape index (κ1) is 17.6. The van der Waals surface area contributed by atoms with E-state index in [-0.39, 0.29) is 10.9 Å². The zero-order chi connectivity index (χ0) is 19.0. The van der Waals surface area contributed by atoms with Gasteiger partial charge in [0.05, 0.1) is 29.0 Å². The smallest absolute Gasteiger partial charge is 0.265 e. The van der Waals surface area contributed by atoms with Crippen LogP contribution in [-0.4, -0.2) is 36.4 Å². The first-order valence-corrected chi connectivity index (χ1v) is 10.1. The maximum Gasteiger partial charge on any atom is 0.265 e. The minimum atomic E-state index is -3.80. The van der Waals surface area contributed by atoms with Gasteiger partial charge in [0, 0.05) is 31.0 Å². The molecule has 3 aromatic rings. The number of benzene rings is 1. The normalized spacial score (nSPS) is 15.7. The van der Waals surface area contributed by atoms with Crippen LogP contribution in [0.2, 0.25) is 0 Å². The van der Waals surface area contributed by atoms with Gasteiger partial charge in [0.1, 0.15) is 11.0 Å². The maximum atomic E-state index is 12.8. The number of aryl methyl sites for hydroxylation is 1. The van der Waals surface area contributed by atoms with Gasteiger partial charge in [-0.2, -0.15) is 10.4 Å². The van der Waals surface area contributed by atoms with Gasteiger partial charge in [-0.15, -0.1) is 0 Å². The van der Waals surface area contributed by atoms with E-state index < -0.39 is 10.0 Å². The second kappa shape index (κ2) is 6.72. The lowest BCUT2D eigenvalue weighted by Gasteiger charge is -2.22. The first-order chi connectivity index (χ1) is 13.0. The Kier molecular flexibility index (Phi) is 4.37. The van der Waals surface area contributed by atoms with Gasteiger partial charge in [-0.3, -0.25) is 9.40 Å². The number of nitrogens with one attached hydrogen (secondary N) is 2. The summed E-state index contributed by atoms with van der Waals surface area (Å²) in [7, 11) is -3.80. The maximum absolute atomic E-state index is 12.8. The van der Waals surface area contributed by atoms with E-state index in [1.165, 1.54) is 6.20 Å². The number of ether oxygens (including phenoxy) is 1. The van der Waals surface area contributed by atoms with Crippen molar-refractivity contribution in [1.82, 2.24) is 14.8 Å². The van der Waals surface area contributed by atoms with Gasteiger partial charge in [0.15, 0.2) is 0 Å². The van der Waals surface area contributed by atoms with Crippen molar-refractivity contribution >= 4 is 26.6 Å². The Morgan fingerprint density at radius 2 is 2.15 bits per heavy atom. The fourth-order valence-electron chi connectivity index (χ4n) is 3.41. The molecule has 0 atom stereocenters. The third-order valence-electron chi connectivity index (χ3n) is 4.86. The van der Waals surface area contributed by atoms with E-state index in [1.54, 1.807) is 29.2 Å². The van der Waals surface area contributed by atoms with Crippen molar-refractivity contribution in [2.75, 3.05) is 17.9 Å². The molecule has 27 heavy (non-hydrogen) atoms. The third-order valence-corrected chi connectivity index (χ3v) is 6.18. The summed E-state index contributed by atoms with van der Waals surface area (Å²) >= 11 is 0. The molecule has 4 rings (SSSR count). The SMILES string of the molecule is Cc1ccc(NS(=O)(=O)c2cnn(C3CCOCC3)c2)c2[nH]cc(C#N)c12. The second-order valence-corrected chi connectivity index (χ2v) is 8.28. The molecule has 0 aliphatic carbocycles. The van der Waals surface area contributed by atoms with Crippen LogP contribution in [0.4, 0.5) is 5.69 Å². The van der Waals surface area contributed by atoms with Gasteiger partial charge in [0.2, 0.25) is 0 Å². The minimum Gasteiger partial charge on any atom is -0.381 e. The summed E-state index contributed by atoms with van der Waals surface area (Å²) in [4.78, 5) is 3.10. The van der Waals surface area contributed by atoms with E-state index >= 15 is 0 Å². The van der Waals surface area contributed by atoms with Crippen molar-refractivity contribution in [3.05, 3.63) is 41.9 Å². The number of hydrogen-bond donors (Lipinski definition) is 2. The van der Waals surface area contributed by atoms with Crippen LogP contribution in [0.25, 0.3) is 10.9 Å². The Morgan fingerprint density at radius 3 is 2.89 bits per heavy atom. The van der Waals surface area contributed by atoms with Crippen molar-refractivity contribution in [1.29, 1.82) is 5.26 Å². The summed E-state index contributed by atoms with van der Waals surface area (Å²) in [5, 5.41) is 14.2. The topological polar surface area (TPSA) is 113 Å². The molecule has 0 amide bonds. The van der Waals surface area contributed by atoms with Crippen LogP contribution in [-0.2, 0) is 14.8 Å². The Morgan fingerprint density at radius 1 is 1.37 bits per heavy atom. The van der Waals surface area contributed by atoms with Gasteiger partial charge in [0.25, 0.3) is 10.0 Å². The molecular formula is C18H19N5O3S. The largest absolute Gasteiger partial charge is 0.381 e. The molecule has 1 fully saturated rings. The molecule has 0 spiro atoms. The zero-order valence-corrected chi connectivity index (χ0v) is 15.6. The predicted molar refractivity (Wildman–Crippen MR) is 99.9 cm³/mol. The molecule has 140 valence electrons. The Balaban J connectivity index is 1.65. The molecule has 0 radical (unpaired) electrons. The van der Waals surface area contributed by atoms with Gasteiger partial charge >= 0.3 is 0 Å². The number of nitrogens with zero attached hydrogens (tertiary/aromatic N) is 3. The molecular weight excluding hydrogens is 366 g/mol. The lowest BCUT2D eigenvalue weighted by atomic mass is 10.1. The summed E-state index contributed by atoms with van der Waals surface area (Å²) in [5.41, 5.74) is 2.37. The Labute approximate surface area is 156 Å². The molecule has 1 aliphatic rings. The van der Waals surface area contributed by atoms with E-state index in [9.17, 15) is 13.7 Å². The van der Waals surface area contributed by atoms with Crippen molar-refractivity contribution in [3.8, 4) is 6.07 Å². The number of H-pyrrole nitrogens is 1. The monoisotopic (exact) mass is 385 g/mol. The number of aromatic amines is 1. The standard InChI is InChI=1S/C18H19N5O3S/c1-12-2-3-16(18-17(12)13(8-19)9-20-18)22-27(24,25)15-10-21-23(11-15)14-4-6-26-7-5-14/h2-3,9-11,14,20,22H,4-7H2,1H3. The number of anilines is 1. The van der Waals surface area contributed by atoms with E-state index in [0.717, 1.165) is 23.8 Å². The average Bonchev–Trinajstić information content (AvgIpc) is 3.32. The van der Waals surface area contributed by atoms with Crippen LogP contribution in [0.3, 0.4) is 0 Å². The average molecular weight is 385 g/mol. The van der Waals surface area contributed by atoms with Crippen LogP contribution >= 0.6 is 0 Å². The highest BCUT2D eigenvalue weighted by Gasteiger charge is 2.22. The number of hydrogen-bond acceptors (Lipinski definition) is 5. The van der Waals surface area contributed by atoms with Crippen LogP contribution < -0.4 is 4.72 Å². The summed E-state index contributed by atoms with van der Waals surface area (Å²) in [5.74, 6) is 0. The highest BCUT2D eigenvalue weighted by atomic mass is 32.2. The number of nitriles is 1. The van der Waals surface area contributed by atoms with Gasteiger partial charge < -0.3 is 9.72 Å². The number of fused-ring (bicyclic) bond motifs is 1. The molecule has 3 heterocycles. The van der Waals surface area contributed by atoms with Crippen LogP contribution in [0.1, 0.15) is 30.0 Å². The van der Waals surface area contributed by atoms with Crippen LogP contribution in [0, 0.1) is 18.3 Å². The second-order valence-electron chi connectivity index (χ2n) is 6.60. The molecule has 8 nitrogen and oxygen atoms in total. The lowest BCUT2D eigenvalue weighted by Crippen LogP contribution is -2.20. The van der Waals surface area contributed by atoms with Gasteiger partial charge in [-0.05, 0) is 31.4 Å². The minimum absolute atomic E-state index is 0.106. The molecule has 0 saturated carbocycles. The molecule has 2 aromatic heterocycles. The van der Waals surface area contributed by atoms with Crippen LogP contribution in [0.5, 0.6) is 0 Å². The highest BCUT2D eigenvalue weighted by Crippen LogP contribution is 2.30. The summed E-state index contributed by atoms with van der Waals surface area (Å²) in [6.07, 6.45) is 6.12.